The molecule has 0 aliphatic heterocycles. The maximum absolute atomic E-state index is 12.1. The zero-order valence-corrected chi connectivity index (χ0v) is 10.9. The van der Waals surface area contributed by atoms with Gasteiger partial charge in [0.25, 0.3) is 0 Å². The molecule has 0 atom stereocenters. The van der Waals surface area contributed by atoms with E-state index in [9.17, 15) is 18.4 Å². The number of benzene rings is 1. The highest BCUT2D eigenvalue weighted by atomic mass is 79.9. The second-order valence-corrected chi connectivity index (χ2v) is 3.94. The van der Waals surface area contributed by atoms with E-state index in [2.05, 4.69) is 20.7 Å². The van der Waals surface area contributed by atoms with Crippen molar-refractivity contribution in [2.45, 2.75) is 13.5 Å². The summed E-state index contributed by atoms with van der Waals surface area (Å²) in [5.74, 6) is -0.962. The van der Waals surface area contributed by atoms with Gasteiger partial charge in [-0.05, 0) is 35.0 Å². The van der Waals surface area contributed by atoms with Crippen molar-refractivity contribution < 1.29 is 27.8 Å². The van der Waals surface area contributed by atoms with Crippen LogP contribution in [-0.2, 0) is 4.74 Å². The molecule has 0 aromatic heterocycles. The molecular formula is C11H9BrF2O4. The fraction of sp³-hybridized carbons (Fsp3) is 0.273. The molecule has 0 aliphatic carbocycles. The number of hydrogen-bond acceptors (Lipinski definition) is 4. The third kappa shape index (κ3) is 3.49. The van der Waals surface area contributed by atoms with Crippen LogP contribution in [-0.4, -0.2) is 25.5 Å². The van der Waals surface area contributed by atoms with Gasteiger partial charge >= 0.3 is 12.6 Å². The molecule has 0 spiro atoms. The number of alkyl halides is 2. The summed E-state index contributed by atoms with van der Waals surface area (Å²) in [5.41, 5.74) is -0.0814. The van der Waals surface area contributed by atoms with Crippen molar-refractivity contribution >= 4 is 28.2 Å². The van der Waals surface area contributed by atoms with Crippen LogP contribution in [0.2, 0.25) is 0 Å². The molecule has 0 fully saturated rings. The molecule has 0 saturated carbocycles. The van der Waals surface area contributed by atoms with Crippen LogP contribution in [0.25, 0.3) is 0 Å². The summed E-state index contributed by atoms with van der Waals surface area (Å²) in [6, 6.07) is 2.26. The zero-order chi connectivity index (χ0) is 13.7. The Morgan fingerprint density at radius 2 is 2.17 bits per heavy atom. The average Bonchev–Trinajstić information content (AvgIpc) is 2.28. The Hall–Kier alpha value is -1.50. The number of ether oxygens (including phenoxy) is 2. The van der Waals surface area contributed by atoms with E-state index >= 15 is 0 Å². The number of aldehydes is 1. The SMILES string of the molecule is CCOC(=O)c1cc(C=O)c(OC(F)F)cc1Br. The molecule has 1 rings (SSSR count). The van der Waals surface area contributed by atoms with Crippen LogP contribution in [0, 0.1) is 0 Å². The predicted molar refractivity (Wildman–Crippen MR) is 62.1 cm³/mol. The van der Waals surface area contributed by atoms with Crippen LogP contribution >= 0.6 is 15.9 Å². The Bertz CT molecular complexity index is 463. The van der Waals surface area contributed by atoms with Gasteiger partial charge in [0.2, 0.25) is 0 Å². The number of carbonyl (C=O) groups is 2. The van der Waals surface area contributed by atoms with Crippen molar-refractivity contribution in [3.63, 3.8) is 0 Å². The lowest BCUT2D eigenvalue weighted by Crippen LogP contribution is -2.09. The molecule has 0 heterocycles. The molecule has 1 aromatic rings. The Labute approximate surface area is 110 Å². The summed E-state index contributed by atoms with van der Waals surface area (Å²) >= 11 is 3.03. The summed E-state index contributed by atoms with van der Waals surface area (Å²) in [4.78, 5) is 22.3. The van der Waals surface area contributed by atoms with E-state index in [4.69, 9.17) is 4.74 Å². The normalized spacial score (nSPS) is 10.3. The van der Waals surface area contributed by atoms with Crippen LogP contribution in [0.1, 0.15) is 27.6 Å². The lowest BCUT2D eigenvalue weighted by Gasteiger charge is -2.10. The van der Waals surface area contributed by atoms with Gasteiger partial charge in [-0.2, -0.15) is 8.78 Å². The van der Waals surface area contributed by atoms with Crippen molar-refractivity contribution in [2.75, 3.05) is 6.61 Å². The minimum atomic E-state index is -3.05. The van der Waals surface area contributed by atoms with E-state index in [1.165, 1.54) is 0 Å². The van der Waals surface area contributed by atoms with Crippen molar-refractivity contribution in [1.29, 1.82) is 0 Å². The fourth-order valence-corrected chi connectivity index (χ4v) is 1.71. The van der Waals surface area contributed by atoms with Crippen molar-refractivity contribution in [2.24, 2.45) is 0 Å². The number of carbonyl (C=O) groups excluding carboxylic acids is 2. The van der Waals surface area contributed by atoms with E-state index < -0.39 is 12.6 Å². The number of hydrogen-bond donors (Lipinski definition) is 0. The smallest absolute Gasteiger partial charge is 0.387 e. The number of halogens is 3. The molecule has 0 amide bonds. The Balaban J connectivity index is 3.17. The first-order valence-electron chi connectivity index (χ1n) is 4.90. The van der Waals surface area contributed by atoms with Gasteiger partial charge in [0, 0.05) is 4.47 Å². The molecule has 98 valence electrons. The van der Waals surface area contributed by atoms with E-state index in [0.717, 1.165) is 12.1 Å². The molecule has 0 aliphatic rings. The predicted octanol–water partition coefficient (Wildman–Crippen LogP) is 3.04. The van der Waals surface area contributed by atoms with Gasteiger partial charge < -0.3 is 9.47 Å². The van der Waals surface area contributed by atoms with Crippen molar-refractivity contribution in [1.82, 2.24) is 0 Å². The lowest BCUT2D eigenvalue weighted by molar-refractivity contribution is -0.0501. The molecule has 0 bridgehead atoms. The lowest BCUT2D eigenvalue weighted by atomic mass is 10.1. The van der Waals surface area contributed by atoms with Gasteiger partial charge in [0.15, 0.2) is 6.29 Å². The molecule has 1 aromatic carbocycles. The topological polar surface area (TPSA) is 52.6 Å². The summed E-state index contributed by atoms with van der Waals surface area (Å²) < 4.78 is 33.3. The van der Waals surface area contributed by atoms with E-state index in [1.54, 1.807) is 6.92 Å². The van der Waals surface area contributed by atoms with Gasteiger partial charge in [-0.25, -0.2) is 4.79 Å². The molecule has 0 unspecified atom stereocenters. The average molecular weight is 323 g/mol. The molecule has 4 nitrogen and oxygen atoms in total. The largest absolute Gasteiger partial charge is 0.462 e. The van der Waals surface area contributed by atoms with Gasteiger partial charge in [-0.3, -0.25) is 4.79 Å². The third-order valence-corrected chi connectivity index (χ3v) is 2.59. The Morgan fingerprint density at radius 1 is 1.50 bits per heavy atom. The van der Waals surface area contributed by atoms with Crippen molar-refractivity contribution in [3.8, 4) is 5.75 Å². The van der Waals surface area contributed by atoms with E-state index in [1.807, 2.05) is 0 Å². The third-order valence-electron chi connectivity index (χ3n) is 1.94. The van der Waals surface area contributed by atoms with Crippen LogP contribution in [0.15, 0.2) is 16.6 Å². The van der Waals surface area contributed by atoms with E-state index in [-0.39, 0.29) is 28.0 Å². The zero-order valence-electron chi connectivity index (χ0n) is 9.28. The fourth-order valence-electron chi connectivity index (χ4n) is 1.23. The van der Waals surface area contributed by atoms with Gasteiger partial charge in [-0.1, -0.05) is 0 Å². The van der Waals surface area contributed by atoms with Gasteiger partial charge in [-0.15, -0.1) is 0 Å². The quantitative estimate of drug-likeness (QED) is 0.617. The highest BCUT2D eigenvalue weighted by molar-refractivity contribution is 9.10. The molecule has 0 N–H and O–H groups in total. The monoisotopic (exact) mass is 322 g/mol. The Kier molecular flexibility index (Phi) is 5.21. The van der Waals surface area contributed by atoms with Crippen LogP contribution in [0.3, 0.4) is 0 Å². The first-order valence-corrected chi connectivity index (χ1v) is 5.69. The van der Waals surface area contributed by atoms with Crippen LogP contribution in [0.4, 0.5) is 8.78 Å². The highest BCUT2D eigenvalue weighted by Gasteiger charge is 2.17. The molecular weight excluding hydrogens is 314 g/mol. The summed E-state index contributed by atoms with van der Waals surface area (Å²) in [5, 5.41) is 0. The molecule has 0 radical (unpaired) electrons. The molecule has 0 saturated heterocycles. The minimum absolute atomic E-state index is 0.0700. The maximum Gasteiger partial charge on any atom is 0.387 e. The van der Waals surface area contributed by atoms with Crippen LogP contribution in [0.5, 0.6) is 5.75 Å². The molecule has 7 heteroatoms. The maximum atomic E-state index is 12.1. The number of rotatable bonds is 5. The second-order valence-electron chi connectivity index (χ2n) is 3.09. The highest BCUT2D eigenvalue weighted by Crippen LogP contribution is 2.28. The van der Waals surface area contributed by atoms with E-state index in [0.29, 0.717) is 6.29 Å². The summed E-state index contributed by atoms with van der Waals surface area (Å²) in [6.45, 7) is -1.26. The van der Waals surface area contributed by atoms with Crippen molar-refractivity contribution in [3.05, 3.63) is 27.7 Å². The number of esters is 1. The minimum Gasteiger partial charge on any atom is -0.462 e. The van der Waals surface area contributed by atoms with Gasteiger partial charge in [0.1, 0.15) is 5.75 Å². The summed E-state index contributed by atoms with van der Waals surface area (Å²) in [7, 11) is 0. The standard InChI is InChI=1S/C11H9BrF2O4/c1-2-17-10(16)7-3-6(5-15)9(4-8(7)12)18-11(13)14/h3-5,11H,2H2,1H3. The molecule has 18 heavy (non-hydrogen) atoms. The van der Waals surface area contributed by atoms with Crippen LogP contribution < -0.4 is 4.74 Å². The Morgan fingerprint density at radius 3 is 2.67 bits per heavy atom. The van der Waals surface area contributed by atoms with Gasteiger partial charge in [0.05, 0.1) is 17.7 Å². The summed E-state index contributed by atoms with van der Waals surface area (Å²) in [6.07, 6.45) is 0.326. The first kappa shape index (κ1) is 14.6. The first-order chi connectivity index (χ1) is 8.49. The second kappa shape index (κ2) is 6.44.